The highest BCUT2D eigenvalue weighted by atomic mass is 32.2. The first-order valence-corrected chi connectivity index (χ1v) is 6.70. The van der Waals surface area contributed by atoms with Gasteiger partial charge in [0.2, 0.25) is 5.91 Å². The molecule has 1 aliphatic heterocycles. The molecule has 1 atom stereocenters. The van der Waals surface area contributed by atoms with Gasteiger partial charge in [-0.15, -0.1) is 0 Å². The minimum absolute atomic E-state index is 0.123. The van der Waals surface area contributed by atoms with Crippen LogP contribution in [0, 0.1) is 0 Å². The first-order chi connectivity index (χ1) is 7.13. The van der Waals surface area contributed by atoms with E-state index in [1.807, 2.05) is 0 Å². The average molecular weight is 233 g/mol. The molecule has 0 aromatic heterocycles. The number of rotatable bonds is 4. The molecule has 1 unspecified atom stereocenters. The van der Waals surface area contributed by atoms with Gasteiger partial charge in [-0.1, -0.05) is 0 Å². The van der Waals surface area contributed by atoms with Crippen LogP contribution in [0.1, 0.15) is 19.8 Å². The standard InChI is InChI=1S/C9H19N3O2S/c1-8(2-3-9(13)11-10)12-4-6-15(14)7-5-12/h8H,2-7,10H2,1H3,(H,11,13). The number of nitrogens with two attached hydrogens (primary N) is 1. The van der Waals surface area contributed by atoms with Crippen molar-refractivity contribution in [3.8, 4) is 0 Å². The van der Waals surface area contributed by atoms with Crippen LogP contribution in [0.4, 0.5) is 0 Å². The minimum atomic E-state index is -0.633. The van der Waals surface area contributed by atoms with E-state index < -0.39 is 10.8 Å². The highest BCUT2D eigenvalue weighted by molar-refractivity contribution is 7.85. The Balaban J connectivity index is 2.24. The molecule has 3 N–H and O–H groups in total. The lowest BCUT2D eigenvalue weighted by molar-refractivity contribution is -0.121. The van der Waals surface area contributed by atoms with Crippen LogP contribution < -0.4 is 11.3 Å². The summed E-state index contributed by atoms with van der Waals surface area (Å²) in [4.78, 5) is 13.2. The maximum atomic E-state index is 11.1. The first kappa shape index (κ1) is 12.6. The van der Waals surface area contributed by atoms with Crippen LogP contribution >= 0.6 is 0 Å². The third kappa shape index (κ3) is 4.27. The van der Waals surface area contributed by atoms with Gasteiger partial charge in [-0.05, 0) is 13.3 Å². The zero-order chi connectivity index (χ0) is 11.3. The van der Waals surface area contributed by atoms with E-state index in [9.17, 15) is 9.00 Å². The molecule has 1 aliphatic rings. The summed E-state index contributed by atoms with van der Waals surface area (Å²) in [6, 6.07) is 0.361. The molecule has 0 aliphatic carbocycles. The molecule has 1 rings (SSSR count). The van der Waals surface area contributed by atoms with Gasteiger partial charge in [0, 0.05) is 47.9 Å². The maximum Gasteiger partial charge on any atom is 0.233 e. The fraction of sp³-hybridized carbons (Fsp3) is 0.889. The molecule has 0 aromatic rings. The van der Waals surface area contributed by atoms with Crippen LogP contribution in [-0.2, 0) is 15.6 Å². The second kappa shape index (κ2) is 6.19. The SMILES string of the molecule is CC(CCC(=O)NN)N1CCS(=O)CC1. The second-order valence-electron chi connectivity index (χ2n) is 3.84. The Labute approximate surface area is 92.8 Å². The molecule has 0 spiro atoms. The summed E-state index contributed by atoms with van der Waals surface area (Å²) < 4.78 is 11.1. The Morgan fingerprint density at radius 3 is 2.67 bits per heavy atom. The maximum absolute atomic E-state index is 11.1. The molecule has 88 valence electrons. The van der Waals surface area contributed by atoms with Crippen LogP contribution in [-0.4, -0.2) is 45.7 Å². The van der Waals surface area contributed by atoms with Gasteiger partial charge in [-0.25, -0.2) is 5.84 Å². The minimum Gasteiger partial charge on any atom is -0.299 e. The number of hydrazine groups is 1. The second-order valence-corrected chi connectivity index (χ2v) is 5.54. The summed E-state index contributed by atoms with van der Waals surface area (Å²) in [5.41, 5.74) is 2.12. The van der Waals surface area contributed by atoms with Gasteiger partial charge in [-0.3, -0.25) is 19.3 Å². The number of hydrogen-bond donors (Lipinski definition) is 2. The first-order valence-electron chi connectivity index (χ1n) is 5.22. The number of carbonyl (C=O) groups excluding carboxylic acids is 1. The van der Waals surface area contributed by atoms with Crippen molar-refractivity contribution in [2.24, 2.45) is 5.84 Å². The van der Waals surface area contributed by atoms with Gasteiger partial charge >= 0.3 is 0 Å². The molecule has 0 aromatic carbocycles. The highest BCUT2D eigenvalue weighted by Gasteiger charge is 2.20. The van der Waals surface area contributed by atoms with Gasteiger partial charge in [0.1, 0.15) is 0 Å². The molecule has 6 heteroatoms. The summed E-state index contributed by atoms with van der Waals surface area (Å²) in [6.45, 7) is 3.84. The van der Waals surface area contributed by atoms with Crippen molar-refractivity contribution in [3.05, 3.63) is 0 Å². The highest BCUT2D eigenvalue weighted by Crippen LogP contribution is 2.10. The average Bonchev–Trinajstić information content (AvgIpc) is 2.26. The molecule has 0 radical (unpaired) electrons. The normalized spacial score (nSPS) is 21.2. The third-order valence-corrected chi connectivity index (χ3v) is 4.06. The van der Waals surface area contributed by atoms with Gasteiger partial charge in [0.15, 0.2) is 0 Å². The molecule has 1 amide bonds. The fourth-order valence-corrected chi connectivity index (χ4v) is 2.77. The van der Waals surface area contributed by atoms with Crippen molar-refractivity contribution in [1.82, 2.24) is 10.3 Å². The Bertz CT molecular complexity index is 238. The predicted molar refractivity (Wildman–Crippen MR) is 60.5 cm³/mol. The van der Waals surface area contributed by atoms with Crippen LogP contribution in [0.15, 0.2) is 0 Å². The van der Waals surface area contributed by atoms with E-state index in [-0.39, 0.29) is 5.91 Å². The summed E-state index contributed by atoms with van der Waals surface area (Å²) in [6.07, 6.45) is 1.26. The summed E-state index contributed by atoms with van der Waals surface area (Å²) in [7, 11) is -0.633. The zero-order valence-electron chi connectivity index (χ0n) is 9.07. The number of amides is 1. The Morgan fingerprint density at radius 2 is 2.13 bits per heavy atom. The van der Waals surface area contributed by atoms with Gasteiger partial charge in [-0.2, -0.15) is 0 Å². The summed E-state index contributed by atoms with van der Waals surface area (Å²) in [5, 5.41) is 0. The molecule has 5 nitrogen and oxygen atoms in total. The summed E-state index contributed by atoms with van der Waals surface area (Å²) >= 11 is 0. The smallest absolute Gasteiger partial charge is 0.233 e. The van der Waals surface area contributed by atoms with Crippen LogP contribution in [0.25, 0.3) is 0 Å². The summed E-state index contributed by atoms with van der Waals surface area (Å²) in [5.74, 6) is 6.39. The number of carbonyl (C=O) groups is 1. The van der Waals surface area contributed by atoms with Crippen molar-refractivity contribution in [3.63, 3.8) is 0 Å². The molecule has 0 saturated carbocycles. The molecule has 15 heavy (non-hydrogen) atoms. The van der Waals surface area contributed by atoms with Gasteiger partial charge < -0.3 is 0 Å². The molecule has 1 fully saturated rings. The van der Waals surface area contributed by atoms with Crippen molar-refractivity contribution >= 4 is 16.7 Å². The van der Waals surface area contributed by atoms with Gasteiger partial charge in [0.05, 0.1) is 0 Å². The largest absolute Gasteiger partial charge is 0.299 e. The lowest BCUT2D eigenvalue weighted by atomic mass is 10.1. The van der Waals surface area contributed by atoms with Crippen LogP contribution in [0.5, 0.6) is 0 Å². The van der Waals surface area contributed by atoms with E-state index in [1.165, 1.54) is 0 Å². The zero-order valence-corrected chi connectivity index (χ0v) is 9.89. The van der Waals surface area contributed by atoms with E-state index in [0.717, 1.165) is 31.0 Å². The van der Waals surface area contributed by atoms with E-state index in [2.05, 4.69) is 17.2 Å². The monoisotopic (exact) mass is 233 g/mol. The number of nitrogens with one attached hydrogen (secondary N) is 1. The van der Waals surface area contributed by atoms with E-state index in [1.54, 1.807) is 0 Å². The lowest BCUT2D eigenvalue weighted by Gasteiger charge is -2.31. The van der Waals surface area contributed by atoms with Gasteiger partial charge in [0.25, 0.3) is 0 Å². The molecule has 0 bridgehead atoms. The Morgan fingerprint density at radius 1 is 1.53 bits per heavy atom. The topological polar surface area (TPSA) is 75.4 Å². The Hall–Kier alpha value is -0.460. The lowest BCUT2D eigenvalue weighted by Crippen LogP contribution is -2.43. The van der Waals surface area contributed by atoms with Crippen molar-refractivity contribution in [2.75, 3.05) is 24.6 Å². The van der Waals surface area contributed by atoms with E-state index in [4.69, 9.17) is 5.84 Å². The fourth-order valence-electron chi connectivity index (χ4n) is 1.69. The number of hydrogen-bond acceptors (Lipinski definition) is 4. The quantitative estimate of drug-likeness (QED) is 0.379. The van der Waals surface area contributed by atoms with Crippen molar-refractivity contribution in [2.45, 2.75) is 25.8 Å². The molecule has 1 heterocycles. The molecule has 1 saturated heterocycles. The number of nitrogens with zero attached hydrogens (tertiary/aromatic N) is 1. The predicted octanol–water partition coefficient (Wildman–Crippen LogP) is -0.791. The molecular weight excluding hydrogens is 214 g/mol. The van der Waals surface area contributed by atoms with Crippen LogP contribution in [0.2, 0.25) is 0 Å². The van der Waals surface area contributed by atoms with E-state index >= 15 is 0 Å². The Kier molecular flexibility index (Phi) is 5.21. The molecular formula is C9H19N3O2S. The van der Waals surface area contributed by atoms with E-state index in [0.29, 0.717) is 12.5 Å². The third-order valence-electron chi connectivity index (χ3n) is 2.79. The van der Waals surface area contributed by atoms with Crippen molar-refractivity contribution in [1.29, 1.82) is 0 Å². The van der Waals surface area contributed by atoms with Crippen molar-refractivity contribution < 1.29 is 9.00 Å². The van der Waals surface area contributed by atoms with Crippen LogP contribution in [0.3, 0.4) is 0 Å².